The topological polar surface area (TPSA) is 111 Å². The van der Waals surface area contributed by atoms with Crippen LogP contribution < -0.4 is 0 Å². The molecule has 192 valence electrons. The molecule has 8 nitrogen and oxygen atoms in total. The zero-order valence-electron chi connectivity index (χ0n) is 21.2. The summed E-state index contributed by atoms with van der Waals surface area (Å²) >= 11 is 0. The number of pyridine rings is 2. The Kier molecular flexibility index (Phi) is 8.28. The van der Waals surface area contributed by atoms with Gasteiger partial charge in [0, 0.05) is 48.5 Å². The molecule has 0 bridgehead atoms. The predicted molar refractivity (Wildman–Crippen MR) is 141 cm³/mol. The molecule has 0 aliphatic heterocycles. The smallest absolute Gasteiger partial charge is 0.144 e. The van der Waals surface area contributed by atoms with Gasteiger partial charge in [-0.2, -0.15) is 20.4 Å². The lowest BCUT2D eigenvalue weighted by Gasteiger charge is -2.28. The van der Waals surface area contributed by atoms with Crippen molar-refractivity contribution in [1.82, 2.24) is 30.4 Å². The van der Waals surface area contributed by atoms with E-state index >= 15 is 0 Å². The van der Waals surface area contributed by atoms with Crippen molar-refractivity contribution in [3.05, 3.63) is 107 Å². The first-order valence-corrected chi connectivity index (χ1v) is 13.1. The molecule has 8 heteroatoms. The number of hydrogen-bond donors (Lipinski definition) is 0. The summed E-state index contributed by atoms with van der Waals surface area (Å²) in [7, 11) is 0. The Morgan fingerprint density at radius 1 is 0.579 bits per heavy atom. The van der Waals surface area contributed by atoms with Crippen molar-refractivity contribution in [2.24, 2.45) is 0 Å². The molecule has 4 aromatic rings. The maximum absolute atomic E-state index is 12.4. The number of aromatic nitrogens is 6. The number of rotatable bonds is 10. The standard InChI is InChI=1S/C30H30N6O2/c37-27(17-23-8-1-3-14-31-23)19-25-10-12-29(35-33-25)21-6-5-7-22(16-21)30-13-11-26(34-36-30)20-28(38)18-24-9-2-4-15-32-24/h1-4,8-15,21-22H,5-7,16-20H2/t21-,22-/m0/s1. The van der Waals surface area contributed by atoms with Crippen LogP contribution in [0.2, 0.25) is 0 Å². The Morgan fingerprint density at radius 2 is 1.05 bits per heavy atom. The second-order valence-corrected chi connectivity index (χ2v) is 9.89. The van der Waals surface area contributed by atoms with Crippen molar-refractivity contribution in [1.29, 1.82) is 0 Å². The molecule has 1 saturated carbocycles. The first kappa shape index (κ1) is 25.4. The van der Waals surface area contributed by atoms with Crippen LogP contribution in [0.4, 0.5) is 0 Å². The van der Waals surface area contributed by atoms with E-state index in [9.17, 15) is 9.59 Å². The molecule has 0 amide bonds. The van der Waals surface area contributed by atoms with E-state index in [2.05, 4.69) is 30.4 Å². The molecule has 4 aromatic heterocycles. The molecule has 0 radical (unpaired) electrons. The van der Waals surface area contributed by atoms with Gasteiger partial charge in [-0.15, -0.1) is 0 Å². The second-order valence-electron chi connectivity index (χ2n) is 9.89. The van der Waals surface area contributed by atoms with E-state index in [-0.39, 0.29) is 24.4 Å². The Hall–Kier alpha value is -4.20. The van der Waals surface area contributed by atoms with E-state index in [1.807, 2.05) is 60.7 Å². The third-order valence-electron chi connectivity index (χ3n) is 6.96. The Balaban J connectivity index is 1.14. The van der Waals surface area contributed by atoms with Crippen LogP contribution in [-0.4, -0.2) is 41.9 Å². The largest absolute Gasteiger partial charge is 0.299 e. The van der Waals surface area contributed by atoms with E-state index in [1.165, 1.54) is 0 Å². The molecule has 0 saturated heterocycles. The van der Waals surface area contributed by atoms with Crippen LogP contribution in [0.15, 0.2) is 73.1 Å². The number of carbonyl (C=O) groups is 2. The van der Waals surface area contributed by atoms with Crippen molar-refractivity contribution in [2.75, 3.05) is 0 Å². The molecule has 1 fully saturated rings. The SMILES string of the molecule is O=C(Cc1ccccn1)Cc1ccc([C@H]2CCC[C@H](c3ccc(CC(=O)Cc4ccccn4)nn3)C2)nn1. The van der Waals surface area contributed by atoms with Crippen molar-refractivity contribution < 1.29 is 9.59 Å². The number of ketones is 2. The van der Waals surface area contributed by atoms with Crippen LogP contribution in [0.3, 0.4) is 0 Å². The molecule has 0 N–H and O–H groups in total. The highest BCUT2D eigenvalue weighted by Gasteiger charge is 2.27. The summed E-state index contributed by atoms with van der Waals surface area (Å²) in [6, 6.07) is 19.0. The quantitative estimate of drug-likeness (QED) is 0.315. The van der Waals surface area contributed by atoms with Crippen LogP contribution >= 0.6 is 0 Å². The first-order chi connectivity index (χ1) is 18.6. The Labute approximate surface area is 222 Å². The minimum atomic E-state index is 0.0731. The normalized spacial score (nSPS) is 17.2. The molecule has 0 spiro atoms. The molecular weight excluding hydrogens is 476 g/mol. The van der Waals surface area contributed by atoms with Gasteiger partial charge in [-0.05, 0) is 67.8 Å². The summed E-state index contributed by atoms with van der Waals surface area (Å²) in [4.78, 5) is 33.2. The molecular formula is C30H30N6O2. The van der Waals surface area contributed by atoms with E-state index in [4.69, 9.17) is 0 Å². The third-order valence-corrected chi connectivity index (χ3v) is 6.96. The Morgan fingerprint density at radius 3 is 1.45 bits per heavy atom. The summed E-state index contributed by atoms with van der Waals surface area (Å²) in [5.41, 5.74) is 4.81. The van der Waals surface area contributed by atoms with E-state index in [0.717, 1.165) is 48.5 Å². The highest BCUT2D eigenvalue weighted by Crippen LogP contribution is 2.39. The van der Waals surface area contributed by atoms with Crippen LogP contribution in [-0.2, 0) is 35.3 Å². The van der Waals surface area contributed by atoms with Gasteiger partial charge in [0.25, 0.3) is 0 Å². The molecule has 5 rings (SSSR count). The van der Waals surface area contributed by atoms with Crippen molar-refractivity contribution in [3.63, 3.8) is 0 Å². The Bertz CT molecular complexity index is 1240. The molecule has 1 aliphatic carbocycles. The minimum Gasteiger partial charge on any atom is -0.299 e. The number of hydrogen-bond acceptors (Lipinski definition) is 8. The highest BCUT2D eigenvalue weighted by molar-refractivity contribution is 5.82. The summed E-state index contributed by atoms with van der Waals surface area (Å²) < 4.78 is 0. The van der Waals surface area contributed by atoms with E-state index in [0.29, 0.717) is 36.1 Å². The highest BCUT2D eigenvalue weighted by atomic mass is 16.1. The average molecular weight is 507 g/mol. The van der Waals surface area contributed by atoms with Gasteiger partial charge in [-0.3, -0.25) is 19.6 Å². The zero-order valence-corrected chi connectivity index (χ0v) is 21.2. The van der Waals surface area contributed by atoms with E-state index < -0.39 is 0 Å². The molecule has 38 heavy (non-hydrogen) atoms. The van der Waals surface area contributed by atoms with Crippen LogP contribution in [0, 0.1) is 0 Å². The van der Waals surface area contributed by atoms with Crippen LogP contribution in [0.5, 0.6) is 0 Å². The fourth-order valence-electron chi connectivity index (χ4n) is 5.03. The van der Waals surface area contributed by atoms with Gasteiger partial charge in [-0.25, -0.2) is 0 Å². The zero-order chi connectivity index (χ0) is 26.2. The van der Waals surface area contributed by atoms with Crippen molar-refractivity contribution in [2.45, 2.75) is 63.2 Å². The third kappa shape index (κ3) is 6.97. The van der Waals surface area contributed by atoms with Gasteiger partial charge in [-0.1, -0.05) is 18.6 Å². The molecule has 0 unspecified atom stereocenters. The van der Waals surface area contributed by atoms with Gasteiger partial charge in [0.15, 0.2) is 0 Å². The monoisotopic (exact) mass is 506 g/mol. The van der Waals surface area contributed by atoms with Gasteiger partial charge >= 0.3 is 0 Å². The van der Waals surface area contributed by atoms with Gasteiger partial charge < -0.3 is 0 Å². The van der Waals surface area contributed by atoms with Crippen LogP contribution in [0.1, 0.15) is 71.7 Å². The number of carbonyl (C=O) groups excluding carboxylic acids is 2. The minimum absolute atomic E-state index is 0.0731. The van der Waals surface area contributed by atoms with Gasteiger partial charge in [0.2, 0.25) is 0 Å². The molecule has 1 aliphatic rings. The number of Topliss-reactive ketones (excluding diaryl/α,β-unsaturated/α-hetero) is 2. The fraction of sp³-hybridized carbons (Fsp3) is 0.333. The molecule has 4 heterocycles. The fourth-order valence-corrected chi connectivity index (χ4v) is 5.03. The first-order valence-electron chi connectivity index (χ1n) is 13.1. The summed E-state index contributed by atoms with van der Waals surface area (Å²) in [5, 5.41) is 17.6. The lowest BCUT2D eigenvalue weighted by molar-refractivity contribution is -0.118. The number of nitrogens with zero attached hydrogens (tertiary/aromatic N) is 6. The van der Waals surface area contributed by atoms with Gasteiger partial charge in [0.1, 0.15) is 11.6 Å². The van der Waals surface area contributed by atoms with Crippen molar-refractivity contribution in [3.8, 4) is 0 Å². The van der Waals surface area contributed by atoms with Crippen LogP contribution in [0.25, 0.3) is 0 Å². The summed E-state index contributed by atoms with van der Waals surface area (Å²) in [6.07, 6.45) is 8.60. The van der Waals surface area contributed by atoms with E-state index in [1.54, 1.807) is 12.4 Å². The van der Waals surface area contributed by atoms with Crippen molar-refractivity contribution >= 4 is 11.6 Å². The summed E-state index contributed by atoms with van der Waals surface area (Å²) in [5.74, 6) is 0.731. The predicted octanol–water partition coefficient (Wildman–Crippen LogP) is 4.21. The average Bonchev–Trinajstić information content (AvgIpc) is 2.95. The second kappa shape index (κ2) is 12.4. The maximum Gasteiger partial charge on any atom is 0.144 e. The lowest BCUT2D eigenvalue weighted by atomic mass is 9.78. The molecule has 2 atom stereocenters. The lowest BCUT2D eigenvalue weighted by Crippen LogP contribution is -2.17. The molecule has 0 aromatic carbocycles. The maximum atomic E-state index is 12.4. The van der Waals surface area contributed by atoms with Gasteiger partial charge in [0.05, 0.1) is 35.6 Å². The summed E-state index contributed by atoms with van der Waals surface area (Å²) in [6.45, 7) is 0.